The molecule has 1 aliphatic rings. The van der Waals surface area contributed by atoms with Crippen LogP contribution in [0.3, 0.4) is 0 Å². The molecule has 5 nitrogen and oxygen atoms in total. The van der Waals surface area contributed by atoms with Gasteiger partial charge in [0.25, 0.3) is 0 Å². The van der Waals surface area contributed by atoms with Crippen molar-refractivity contribution in [1.82, 2.24) is 0 Å². The number of benzene rings is 2. The van der Waals surface area contributed by atoms with Gasteiger partial charge in [0.05, 0.1) is 5.69 Å². The van der Waals surface area contributed by atoms with Crippen molar-refractivity contribution < 1.29 is 9.47 Å². The lowest BCUT2D eigenvalue weighted by molar-refractivity contribution is 0.174. The average Bonchev–Trinajstić information content (AvgIpc) is 2.86. The summed E-state index contributed by atoms with van der Waals surface area (Å²) in [4.78, 5) is 10.6. The van der Waals surface area contributed by atoms with Gasteiger partial charge in [0.15, 0.2) is 11.5 Å². The second-order valence-electron chi connectivity index (χ2n) is 3.93. The summed E-state index contributed by atoms with van der Waals surface area (Å²) in [6.07, 6.45) is 0. The van der Waals surface area contributed by atoms with E-state index in [1.165, 1.54) is 0 Å². The van der Waals surface area contributed by atoms with E-state index in [1.807, 2.05) is 24.3 Å². The van der Waals surface area contributed by atoms with Gasteiger partial charge >= 0.3 is 0 Å². The van der Waals surface area contributed by atoms with Crippen LogP contribution in [-0.2, 0) is 0 Å². The molecule has 1 heterocycles. The van der Waals surface area contributed by atoms with E-state index in [0.717, 1.165) is 16.9 Å². The molecule has 90 valence electrons. The van der Waals surface area contributed by atoms with Crippen LogP contribution in [0.25, 0.3) is 11.1 Å². The molecule has 2 aromatic carbocycles. The zero-order valence-electron chi connectivity index (χ0n) is 9.42. The number of hydrogen-bond donors (Lipinski definition) is 1. The molecular formula is C13H10N2O3. The van der Waals surface area contributed by atoms with E-state index in [1.54, 1.807) is 12.1 Å². The summed E-state index contributed by atoms with van der Waals surface area (Å²) in [5.41, 5.74) is 8.02. The van der Waals surface area contributed by atoms with Crippen molar-refractivity contribution in [1.29, 1.82) is 0 Å². The van der Waals surface area contributed by atoms with Gasteiger partial charge in [0.2, 0.25) is 6.79 Å². The van der Waals surface area contributed by atoms with Crippen molar-refractivity contribution in [3.05, 3.63) is 41.3 Å². The number of fused-ring (bicyclic) bond motifs is 1. The van der Waals surface area contributed by atoms with Crippen molar-refractivity contribution in [2.45, 2.75) is 0 Å². The summed E-state index contributed by atoms with van der Waals surface area (Å²) in [7, 11) is 0. The molecule has 0 aliphatic carbocycles. The minimum absolute atomic E-state index is 0.238. The molecule has 0 spiro atoms. The van der Waals surface area contributed by atoms with E-state index in [2.05, 4.69) is 5.18 Å². The lowest BCUT2D eigenvalue weighted by Crippen LogP contribution is -1.92. The highest BCUT2D eigenvalue weighted by Crippen LogP contribution is 2.37. The van der Waals surface area contributed by atoms with Gasteiger partial charge in [-0.1, -0.05) is 12.1 Å². The van der Waals surface area contributed by atoms with Crippen molar-refractivity contribution in [3.8, 4) is 22.6 Å². The molecule has 1 aliphatic heterocycles. The number of nitroso groups, excluding NO2 is 1. The second kappa shape index (κ2) is 4.03. The molecule has 0 unspecified atom stereocenters. The Balaban J connectivity index is 2.07. The van der Waals surface area contributed by atoms with Crippen molar-refractivity contribution in [2.24, 2.45) is 5.18 Å². The van der Waals surface area contributed by atoms with Crippen molar-refractivity contribution in [2.75, 3.05) is 12.5 Å². The zero-order chi connectivity index (χ0) is 12.5. The fraction of sp³-hybridized carbons (Fsp3) is 0.0769. The van der Waals surface area contributed by atoms with Gasteiger partial charge in [-0.15, -0.1) is 4.91 Å². The number of hydrogen-bond acceptors (Lipinski definition) is 5. The predicted octanol–water partition coefficient (Wildman–Crippen LogP) is 3.06. The molecule has 2 aromatic rings. The SMILES string of the molecule is Nc1ccc(-c2ccc3c(c2)OCO3)cc1N=O. The topological polar surface area (TPSA) is 73.9 Å². The third-order valence-electron chi connectivity index (χ3n) is 2.83. The molecule has 0 bridgehead atoms. The molecule has 0 radical (unpaired) electrons. The van der Waals surface area contributed by atoms with Gasteiger partial charge in [-0.3, -0.25) is 0 Å². The first kappa shape index (κ1) is 10.6. The second-order valence-corrected chi connectivity index (χ2v) is 3.93. The van der Waals surface area contributed by atoms with Crippen LogP contribution in [0, 0.1) is 4.91 Å². The van der Waals surface area contributed by atoms with E-state index in [9.17, 15) is 4.91 Å². The molecular weight excluding hydrogens is 232 g/mol. The van der Waals surface area contributed by atoms with Crippen LogP contribution in [0.1, 0.15) is 0 Å². The molecule has 0 fully saturated rings. The van der Waals surface area contributed by atoms with Crippen molar-refractivity contribution in [3.63, 3.8) is 0 Å². The Kier molecular flexibility index (Phi) is 2.37. The van der Waals surface area contributed by atoms with Gasteiger partial charge in [-0.25, -0.2) is 0 Å². The van der Waals surface area contributed by atoms with E-state index >= 15 is 0 Å². The van der Waals surface area contributed by atoms with Crippen LogP contribution >= 0.6 is 0 Å². The molecule has 0 saturated heterocycles. The van der Waals surface area contributed by atoms with E-state index in [0.29, 0.717) is 11.4 Å². The molecule has 5 heteroatoms. The standard InChI is InChI=1S/C13H10N2O3/c14-10-3-1-8(5-11(10)15-16)9-2-4-12-13(6-9)18-7-17-12/h1-6H,7,14H2. The normalized spacial score (nSPS) is 12.4. The largest absolute Gasteiger partial charge is 0.454 e. The fourth-order valence-corrected chi connectivity index (χ4v) is 1.88. The molecule has 0 amide bonds. The number of anilines is 1. The summed E-state index contributed by atoms with van der Waals surface area (Å²) >= 11 is 0. The van der Waals surface area contributed by atoms with Crippen LogP contribution in [0.5, 0.6) is 11.5 Å². The summed E-state index contributed by atoms with van der Waals surface area (Å²) in [5.74, 6) is 1.42. The Labute approximate surface area is 103 Å². The Bertz CT molecular complexity index is 626. The van der Waals surface area contributed by atoms with Gasteiger partial charge in [-0.2, -0.15) is 0 Å². The smallest absolute Gasteiger partial charge is 0.231 e. The minimum Gasteiger partial charge on any atom is -0.454 e. The number of nitrogens with zero attached hydrogens (tertiary/aromatic N) is 1. The molecule has 0 aromatic heterocycles. The highest BCUT2D eigenvalue weighted by Gasteiger charge is 2.14. The average molecular weight is 242 g/mol. The maximum absolute atomic E-state index is 10.6. The van der Waals surface area contributed by atoms with Crippen LogP contribution in [0.2, 0.25) is 0 Å². The summed E-state index contributed by atoms with van der Waals surface area (Å²) < 4.78 is 10.6. The first-order valence-electron chi connectivity index (χ1n) is 5.41. The van der Waals surface area contributed by atoms with Gasteiger partial charge in [0.1, 0.15) is 5.69 Å². The fourth-order valence-electron chi connectivity index (χ4n) is 1.88. The number of nitrogens with two attached hydrogens (primary N) is 1. The molecule has 2 N–H and O–H groups in total. The maximum Gasteiger partial charge on any atom is 0.231 e. The molecule has 18 heavy (non-hydrogen) atoms. The Hall–Kier alpha value is -2.56. The maximum atomic E-state index is 10.6. The quantitative estimate of drug-likeness (QED) is 0.648. The van der Waals surface area contributed by atoms with Gasteiger partial charge < -0.3 is 15.2 Å². The number of rotatable bonds is 2. The van der Waals surface area contributed by atoms with Crippen LogP contribution in [0.4, 0.5) is 11.4 Å². The highest BCUT2D eigenvalue weighted by molar-refractivity contribution is 5.75. The van der Waals surface area contributed by atoms with E-state index in [4.69, 9.17) is 15.2 Å². The molecule has 0 saturated carbocycles. The monoisotopic (exact) mass is 242 g/mol. The summed E-state index contributed by atoms with van der Waals surface area (Å²) in [5, 5.41) is 2.90. The zero-order valence-corrected chi connectivity index (χ0v) is 9.42. The first-order chi connectivity index (χ1) is 8.78. The number of ether oxygens (including phenoxy) is 2. The lowest BCUT2D eigenvalue weighted by atomic mass is 10.0. The Morgan fingerprint density at radius 1 is 1.00 bits per heavy atom. The van der Waals surface area contributed by atoms with Crippen molar-refractivity contribution >= 4 is 11.4 Å². The highest BCUT2D eigenvalue weighted by atomic mass is 16.7. The predicted molar refractivity (Wildman–Crippen MR) is 67.9 cm³/mol. The lowest BCUT2D eigenvalue weighted by Gasteiger charge is -2.05. The first-order valence-corrected chi connectivity index (χ1v) is 5.41. The molecule has 0 atom stereocenters. The third-order valence-corrected chi connectivity index (χ3v) is 2.83. The Morgan fingerprint density at radius 3 is 2.56 bits per heavy atom. The van der Waals surface area contributed by atoms with Crippen LogP contribution in [0.15, 0.2) is 41.6 Å². The van der Waals surface area contributed by atoms with E-state index in [-0.39, 0.29) is 12.5 Å². The molecule has 3 rings (SSSR count). The van der Waals surface area contributed by atoms with Gasteiger partial charge in [-0.05, 0) is 40.6 Å². The minimum atomic E-state index is 0.238. The van der Waals surface area contributed by atoms with Gasteiger partial charge in [0, 0.05) is 0 Å². The Morgan fingerprint density at radius 2 is 1.72 bits per heavy atom. The third kappa shape index (κ3) is 1.66. The van der Waals surface area contributed by atoms with Crippen LogP contribution < -0.4 is 15.2 Å². The summed E-state index contributed by atoms with van der Waals surface area (Å²) in [6, 6.07) is 10.7. The van der Waals surface area contributed by atoms with E-state index < -0.39 is 0 Å². The van der Waals surface area contributed by atoms with Crippen LogP contribution in [-0.4, -0.2) is 6.79 Å². The number of nitrogen functional groups attached to an aromatic ring is 1. The summed E-state index contributed by atoms with van der Waals surface area (Å²) in [6.45, 7) is 0.238.